The first-order valence-corrected chi connectivity index (χ1v) is 5.36. The van der Waals surface area contributed by atoms with Gasteiger partial charge in [-0.05, 0) is 31.2 Å². The molecule has 1 aromatic heterocycles. The quantitative estimate of drug-likeness (QED) is 0.789. The molecule has 0 spiro atoms. The molecule has 2 rings (SSSR count). The van der Waals surface area contributed by atoms with Crippen molar-refractivity contribution in [3.8, 4) is 17.0 Å². The summed E-state index contributed by atoms with van der Waals surface area (Å²) >= 11 is 5.96. The molecular formula is C13H12ClNO. The third-order valence-corrected chi connectivity index (χ3v) is 2.55. The van der Waals surface area contributed by atoms with Gasteiger partial charge in [0.15, 0.2) is 0 Å². The Hall–Kier alpha value is -1.54. The van der Waals surface area contributed by atoms with Gasteiger partial charge in [0.2, 0.25) is 0 Å². The van der Waals surface area contributed by atoms with E-state index in [-0.39, 0.29) is 0 Å². The van der Waals surface area contributed by atoms with Crippen LogP contribution in [0.3, 0.4) is 0 Å². The minimum Gasteiger partial charge on any atom is -0.494 e. The number of hydrogen-bond donors (Lipinski definition) is 0. The average Bonchev–Trinajstić information content (AvgIpc) is 2.29. The topological polar surface area (TPSA) is 22.1 Å². The summed E-state index contributed by atoms with van der Waals surface area (Å²) in [6, 6.07) is 11.4. The molecule has 0 N–H and O–H groups in total. The molecule has 2 nitrogen and oxygen atoms in total. The molecule has 2 aromatic rings. The van der Waals surface area contributed by atoms with Crippen molar-refractivity contribution in [2.75, 3.05) is 7.11 Å². The third-order valence-electron chi connectivity index (χ3n) is 2.32. The number of aryl methyl sites for hydroxylation is 1. The van der Waals surface area contributed by atoms with E-state index in [2.05, 4.69) is 4.98 Å². The molecule has 16 heavy (non-hydrogen) atoms. The lowest BCUT2D eigenvalue weighted by Crippen LogP contribution is -1.93. The van der Waals surface area contributed by atoms with Crippen LogP contribution in [-0.4, -0.2) is 12.1 Å². The maximum Gasteiger partial charge on any atom is 0.145 e. The van der Waals surface area contributed by atoms with Crippen molar-refractivity contribution >= 4 is 11.6 Å². The van der Waals surface area contributed by atoms with Gasteiger partial charge in [-0.3, -0.25) is 0 Å². The fraction of sp³-hybridized carbons (Fsp3) is 0.154. The summed E-state index contributed by atoms with van der Waals surface area (Å²) in [4.78, 5) is 4.47. The first-order chi connectivity index (χ1) is 7.70. The molecule has 3 heteroatoms. The highest BCUT2D eigenvalue weighted by atomic mass is 35.5. The molecule has 82 valence electrons. The summed E-state index contributed by atoms with van der Waals surface area (Å²) in [7, 11) is 1.64. The van der Waals surface area contributed by atoms with Crippen molar-refractivity contribution in [1.82, 2.24) is 4.98 Å². The van der Waals surface area contributed by atoms with Gasteiger partial charge in [-0.15, -0.1) is 0 Å². The predicted octanol–water partition coefficient (Wildman–Crippen LogP) is 3.72. The Morgan fingerprint density at radius 1 is 1.19 bits per heavy atom. The van der Waals surface area contributed by atoms with Crippen LogP contribution < -0.4 is 4.74 Å². The van der Waals surface area contributed by atoms with Gasteiger partial charge < -0.3 is 4.74 Å². The van der Waals surface area contributed by atoms with Gasteiger partial charge in [0.25, 0.3) is 0 Å². The van der Waals surface area contributed by atoms with E-state index >= 15 is 0 Å². The Balaban J connectivity index is 2.58. The highest BCUT2D eigenvalue weighted by Gasteiger charge is 2.07. The van der Waals surface area contributed by atoms with Gasteiger partial charge in [0, 0.05) is 16.3 Å². The van der Waals surface area contributed by atoms with E-state index in [0.717, 1.165) is 22.7 Å². The third kappa shape index (κ3) is 2.17. The van der Waals surface area contributed by atoms with Crippen molar-refractivity contribution < 1.29 is 4.74 Å². The fourth-order valence-electron chi connectivity index (χ4n) is 1.55. The van der Waals surface area contributed by atoms with Crippen LogP contribution in [0.1, 0.15) is 5.69 Å². The van der Waals surface area contributed by atoms with E-state index in [9.17, 15) is 0 Å². The maximum atomic E-state index is 5.96. The van der Waals surface area contributed by atoms with Gasteiger partial charge >= 0.3 is 0 Å². The lowest BCUT2D eigenvalue weighted by Gasteiger charge is -2.08. The number of hydrogen-bond acceptors (Lipinski definition) is 2. The molecule has 0 unspecified atom stereocenters. The Morgan fingerprint density at radius 2 is 2.00 bits per heavy atom. The molecule has 0 aliphatic carbocycles. The number of nitrogens with zero attached hydrogens (tertiary/aromatic N) is 1. The lowest BCUT2D eigenvalue weighted by molar-refractivity contribution is 0.414. The Kier molecular flexibility index (Phi) is 3.11. The zero-order valence-corrected chi connectivity index (χ0v) is 9.95. The molecule has 0 saturated heterocycles. The number of pyridine rings is 1. The summed E-state index contributed by atoms with van der Waals surface area (Å²) in [6.07, 6.45) is 0. The van der Waals surface area contributed by atoms with Crippen LogP contribution in [0.25, 0.3) is 11.3 Å². The molecule has 0 radical (unpaired) electrons. The molecule has 0 fully saturated rings. The number of methoxy groups -OCH3 is 1. The van der Waals surface area contributed by atoms with Crippen molar-refractivity contribution in [2.45, 2.75) is 6.92 Å². The summed E-state index contributed by atoms with van der Waals surface area (Å²) in [5, 5.41) is 0.697. The smallest absolute Gasteiger partial charge is 0.145 e. The van der Waals surface area contributed by atoms with Gasteiger partial charge in [0.05, 0.1) is 7.11 Å². The van der Waals surface area contributed by atoms with E-state index in [1.165, 1.54) is 0 Å². The summed E-state index contributed by atoms with van der Waals surface area (Å²) < 4.78 is 5.29. The highest BCUT2D eigenvalue weighted by Crippen LogP contribution is 2.29. The molecule has 1 heterocycles. The summed E-state index contributed by atoms with van der Waals surface area (Å²) in [5.41, 5.74) is 2.74. The minimum atomic E-state index is 0.697. The van der Waals surface area contributed by atoms with Crippen LogP contribution in [0, 0.1) is 6.92 Å². The number of aromatic nitrogens is 1. The largest absolute Gasteiger partial charge is 0.494 e. The molecule has 0 aliphatic heterocycles. The average molecular weight is 234 g/mol. The van der Waals surface area contributed by atoms with Gasteiger partial charge in [0.1, 0.15) is 11.4 Å². The summed E-state index contributed by atoms with van der Waals surface area (Å²) in [6.45, 7) is 1.95. The van der Waals surface area contributed by atoms with E-state index < -0.39 is 0 Å². The lowest BCUT2D eigenvalue weighted by atomic mass is 10.1. The molecule has 1 aromatic carbocycles. The normalized spacial score (nSPS) is 10.2. The van der Waals surface area contributed by atoms with Crippen LogP contribution >= 0.6 is 11.6 Å². The van der Waals surface area contributed by atoms with Crippen molar-refractivity contribution in [3.63, 3.8) is 0 Å². The molecular weight excluding hydrogens is 222 g/mol. The summed E-state index contributed by atoms with van der Waals surface area (Å²) in [5.74, 6) is 0.757. The predicted molar refractivity (Wildman–Crippen MR) is 66.0 cm³/mol. The second-order valence-electron chi connectivity index (χ2n) is 3.51. The molecule has 0 bridgehead atoms. The van der Waals surface area contributed by atoms with Gasteiger partial charge in [-0.1, -0.05) is 23.7 Å². The monoisotopic (exact) mass is 233 g/mol. The first kappa shape index (κ1) is 11.0. The number of ether oxygens (including phenoxy) is 1. The number of halogens is 1. The highest BCUT2D eigenvalue weighted by molar-refractivity contribution is 6.30. The van der Waals surface area contributed by atoms with Crippen molar-refractivity contribution in [2.24, 2.45) is 0 Å². The van der Waals surface area contributed by atoms with Crippen LogP contribution in [0.4, 0.5) is 0 Å². The Labute approximate surface area is 99.9 Å². The second-order valence-corrected chi connectivity index (χ2v) is 3.95. The Bertz CT molecular complexity index is 511. The van der Waals surface area contributed by atoms with E-state index in [1.54, 1.807) is 7.11 Å². The van der Waals surface area contributed by atoms with Crippen LogP contribution in [-0.2, 0) is 0 Å². The van der Waals surface area contributed by atoms with Crippen LogP contribution in [0.2, 0.25) is 5.02 Å². The van der Waals surface area contributed by atoms with E-state index in [1.807, 2.05) is 43.3 Å². The minimum absolute atomic E-state index is 0.697. The van der Waals surface area contributed by atoms with Crippen molar-refractivity contribution in [3.05, 3.63) is 47.1 Å². The number of benzene rings is 1. The molecule has 0 aliphatic rings. The van der Waals surface area contributed by atoms with Crippen LogP contribution in [0.15, 0.2) is 36.4 Å². The molecule has 0 amide bonds. The van der Waals surface area contributed by atoms with E-state index in [0.29, 0.717) is 5.02 Å². The van der Waals surface area contributed by atoms with Crippen molar-refractivity contribution in [1.29, 1.82) is 0 Å². The SMILES string of the molecule is COc1ccc(C)nc1-c1cccc(Cl)c1. The second kappa shape index (κ2) is 4.54. The molecule has 0 atom stereocenters. The Morgan fingerprint density at radius 3 is 2.69 bits per heavy atom. The van der Waals surface area contributed by atoms with E-state index in [4.69, 9.17) is 16.3 Å². The number of rotatable bonds is 2. The molecule has 0 saturated carbocycles. The van der Waals surface area contributed by atoms with Gasteiger partial charge in [-0.2, -0.15) is 0 Å². The standard InChI is InChI=1S/C13H12ClNO/c1-9-6-7-12(16-2)13(15-9)10-4-3-5-11(14)8-10/h3-8H,1-2H3. The zero-order chi connectivity index (χ0) is 11.5. The zero-order valence-electron chi connectivity index (χ0n) is 9.20. The first-order valence-electron chi connectivity index (χ1n) is 4.98. The fourth-order valence-corrected chi connectivity index (χ4v) is 1.74. The van der Waals surface area contributed by atoms with Gasteiger partial charge in [-0.25, -0.2) is 4.98 Å². The maximum absolute atomic E-state index is 5.96. The van der Waals surface area contributed by atoms with Crippen LogP contribution in [0.5, 0.6) is 5.75 Å².